The SMILES string of the molecule is O.O.O.O=S1(=O)CC(S(=O)(=O)O)C(S(=O)(=O)O)C1.[H-].[Na+]. The summed E-state index contributed by atoms with van der Waals surface area (Å²) in [7, 11) is -13.5. The molecule has 11 nitrogen and oxygen atoms in total. The molecule has 0 aromatic rings. The van der Waals surface area contributed by atoms with Gasteiger partial charge in [-0.1, -0.05) is 0 Å². The predicted molar refractivity (Wildman–Crippen MR) is 61.3 cm³/mol. The summed E-state index contributed by atoms with van der Waals surface area (Å²) < 4.78 is 82.0. The van der Waals surface area contributed by atoms with Crippen LogP contribution in [0.25, 0.3) is 0 Å². The average molecular weight is 358 g/mol. The normalized spacial score (nSPS) is 24.9. The maximum absolute atomic E-state index is 11.0. The van der Waals surface area contributed by atoms with E-state index >= 15 is 0 Å². The molecule has 0 aromatic carbocycles. The molecule has 2 unspecified atom stereocenters. The van der Waals surface area contributed by atoms with Gasteiger partial charge in [0.15, 0.2) is 9.84 Å². The largest absolute Gasteiger partial charge is 1.00 e. The van der Waals surface area contributed by atoms with Crippen LogP contribution >= 0.6 is 0 Å². The van der Waals surface area contributed by atoms with E-state index in [1.807, 2.05) is 0 Å². The third-order valence-electron chi connectivity index (χ3n) is 2.02. The van der Waals surface area contributed by atoms with Crippen LogP contribution in [-0.2, 0) is 30.1 Å². The predicted octanol–water partition coefficient (Wildman–Crippen LogP) is -7.43. The number of rotatable bonds is 2. The summed E-state index contributed by atoms with van der Waals surface area (Å²) in [5, 5.41) is -4.03. The maximum Gasteiger partial charge on any atom is 1.00 e. The summed E-state index contributed by atoms with van der Waals surface area (Å²) in [6.07, 6.45) is 0. The van der Waals surface area contributed by atoms with Crippen LogP contribution in [0.4, 0.5) is 0 Å². The number of hydrogen-bond donors (Lipinski definition) is 2. The fourth-order valence-corrected chi connectivity index (χ4v) is 7.61. The van der Waals surface area contributed by atoms with Gasteiger partial charge in [0.05, 0.1) is 11.5 Å². The molecular formula is C4H15NaO11S3. The zero-order chi connectivity index (χ0) is 12.1. The van der Waals surface area contributed by atoms with E-state index in [0.29, 0.717) is 0 Å². The molecule has 1 saturated heterocycles. The van der Waals surface area contributed by atoms with E-state index in [4.69, 9.17) is 9.11 Å². The molecule has 0 amide bonds. The minimum atomic E-state index is -4.82. The van der Waals surface area contributed by atoms with Crippen molar-refractivity contribution in [1.82, 2.24) is 0 Å². The molecule has 0 saturated carbocycles. The fourth-order valence-electron chi connectivity index (χ4n) is 1.34. The van der Waals surface area contributed by atoms with Gasteiger partial charge in [-0.3, -0.25) is 9.11 Å². The minimum absolute atomic E-state index is 0. The Bertz CT molecular complexity index is 519. The van der Waals surface area contributed by atoms with Gasteiger partial charge in [-0.2, -0.15) is 16.8 Å². The van der Waals surface area contributed by atoms with Crippen LogP contribution < -0.4 is 29.6 Å². The Hall–Kier alpha value is 0.650. The molecule has 1 fully saturated rings. The Balaban J connectivity index is -0.000000150. The molecule has 116 valence electrons. The minimum Gasteiger partial charge on any atom is -1.00 e. The summed E-state index contributed by atoms with van der Waals surface area (Å²) in [5.74, 6) is -2.01. The Morgan fingerprint density at radius 3 is 1.21 bits per heavy atom. The van der Waals surface area contributed by atoms with Gasteiger partial charge in [-0.05, 0) is 0 Å². The zero-order valence-electron chi connectivity index (χ0n) is 10.6. The molecule has 0 spiro atoms. The topological polar surface area (TPSA) is 237 Å². The molecular weight excluding hydrogens is 343 g/mol. The van der Waals surface area contributed by atoms with Gasteiger partial charge in [0.2, 0.25) is 0 Å². The third kappa shape index (κ3) is 7.28. The van der Waals surface area contributed by atoms with Crippen LogP contribution in [0.15, 0.2) is 0 Å². The van der Waals surface area contributed by atoms with Gasteiger partial charge in [0.1, 0.15) is 10.5 Å². The second-order valence-electron chi connectivity index (χ2n) is 3.18. The van der Waals surface area contributed by atoms with Crippen molar-refractivity contribution >= 4 is 30.1 Å². The van der Waals surface area contributed by atoms with Gasteiger partial charge in [0, 0.05) is 0 Å². The van der Waals surface area contributed by atoms with Gasteiger partial charge < -0.3 is 17.9 Å². The first-order valence-electron chi connectivity index (χ1n) is 3.56. The van der Waals surface area contributed by atoms with Crippen LogP contribution in [0.2, 0.25) is 0 Å². The summed E-state index contributed by atoms with van der Waals surface area (Å²) in [5.41, 5.74) is 0. The number of hydrogen-bond acceptors (Lipinski definition) is 6. The van der Waals surface area contributed by atoms with Crippen LogP contribution in [0, 0.1) is 0 Å². The van der Waals surface area contributed by atoms with E-state index in [2.05, 4.69) is 0 Å². The Kier molecular flexibility index (Phi) is 12.0. The smallest absolute Gasteiger partial charge is 1.00 e. The van der Waals surface area contributed by atoms with E-state index in [-0.39, 0.29) is 47.4 Å². The molecule has 8 N–H and O–H groups in total. The van der Waals surface area contributed by atoms with E-state index in [1.54, 1.807) is 0 Å². The van der Waals surface area contributed by atoms with Gasteiger partial charge in [-0.25, -0.2) is 8.42 Å². The first kappa shape index (κ1) is 27.9. The van der Waals surface area contributed by atoms with Gasteiger partial charge >= 0.3 is 29.6 Å². The average Bonchev–Trinajstić information content (AvgIpc) is 2.23. The Morgan fingerprint density at radius 2 is 1.05 bits per heavy atom. The van der Waals surface area contributed by atoms with Crippen LogP contribution in [0.5, 0.6) is 0 Å². The van der Waals surface area contributed by atoms with Crippen molar-refractivity contribution in [3.8, 4) is 0 Å². The Labute approximate surface area is 133 Å². The summed E-state index contributed by atoms with van der Waals surface area (Å²) in [4.78, 5) is 0. The van der Waals surface area contributed by atoms with Crippen LogP contribution in [0.3, 0.4) is 0 Å². The molecule has 0 aromatic heterocycles. The van der Waals surface area contributed by atoms with Crippen molar-refractivity contribution in [2.24, 2.45) is 0 Å². The van der Waals surface area contributed by atoms with Crippen LogP contribution in [-0.4, -0.2) is 72.8 Å². The van der Waals surface area contributed by atoms with Crippen molar-refractivity contribution in [2.45, 2.75) is 10.5 Å². The van der Waals surface area contributed by atoms with Gasteiger partial charge in [0.25, 0.3) is 20.2 Å². The van der Waals surface area contributed by atoms with Crippen LogP contribution in [0.1, 0.15) is 1.43 Å². The second kappa shape index (κ2) is 8.18. The van der Waals surface area contributed by atoms with E-state index < -0.39 is 52.1 Å². The number of sulfone groups is 1. The summed E-state index contributed by atoms with van der Waals surface area (Å²) in [6, 6.07) is 0. The summed E-state index contributed by atoms with van der Waals surface area (Å²) in [6.45, 7) is 0. The first-order valence-corrected chi connectivity index (χ1v) is 8.39. The molecule has 0 bridgehead atoms. The van der Waals surface area contributed by atoms with E-state index in [0.717, 1.165) is 0 Å². The van der Waals surface area contributed by atoms with Crippen molar-refractivity contribution in [3.63, 3.8) is 0 Å². The van der Waals surface area contributed by atoms with E-state index in [1.165, 1.54) is 0 Å². The monoisotopic (exact) mass is 358 g/mol. The molecule has 1 heterocycles. The van der Waals surface area contributed by atoms with Crippen molar-refractivity contribution in [3.05, 3.63) is 0 Å². The molecule has 2 atom stereocenters. The molecule has 1 rings (SSSR count). The second-order valence-corrected chi connectivity index (χ2v) is 8.61. The van der Waals surface area contributed by atoms with Crippen molar-refractivity contribution in [2.75, 3.05) is 11.5 Å². The quantitative estimate of drug-likeness (QED) is 0.354. The van der Waals surface area contributed by atoms with Crippen molar-refractivity contribution < 1.29 is 81.8 Å². The molecule has 0 radical (unpaired) electrons. The van der Waals surface area contributed by atoms with Crippen molar-refractivity contribution in [1.29, 1.82) is 0 Å². The van der Waals surface area contributed by atoms with Gasteiger partial charge in [-0.15, -0.1) is 0 Å². The maximum atomic E-state index is 11.0. The van der Waals surface area contributed by atoms with E-state index in [9.17, 15) is 25.3 Å². The Morgan fingerprint density at radius 1 is 0.842 bits per heavy atom. The first-order chi connectivity index (χ1) is 6.43. The molecule has 0 aliphatic carbocycles. The molecule has 19 heavy (non-hydrogen) atoms. The molecule has 1 aliphatic heterocycles. The summed E-state index contributed by atoms with van der Waals surface area (Å²) >= 11 is 0. The molecule has 1 aliphatic rings. The standard InChI is InChI=1S/C4H8O8S3.Na.3H2O.H/c5-13(6)1-3(14(7,8)9)4(2-13)15(10,11)12;;;;;/h3-4H,1-2H2,(H,7,8,9)(H,10,11,12);;3*1H2;/q;+1;;;;-1. The fraction of sp³-hybridized carbons (Fsp3) is 1.00. The zero-order valence-corrected chi connectivity index (χ0v) is 14.1. The third-order valence-corrected chi connectivity index (χ3v) is 6.87. The molecule has 15 heteroatoms.